The minimum absolute atomic E-state index is 0.176. The summed E-state index contributed by atoms with van der Waals surface area (Å²) in [6, 6.07) is 6.32. The first-order valence-corrected chi connectivity index (χ1v) is 14.1. The van der Waals surface area contributed by atoms with Crippen LogP contribution in [0.3, 0.4) is 0 Å². The van der Waals surface area contributed by atoms with Gasteiger partial charge in [0.1, 0.15) is 11.5 Å². The third-order valence-electron chi connectivity index (χ3n) is 7.52. The number of anilines is 1. The quantitative estimate of drug-likeness (QED) is 0.571. The Balaban J connectivity index is 1.57. The highest BCUT2D eigenvalue weighted by atomic mass is 32.2. The van der Waals surface area contributed by atoms with Gasteiger partial charge < -0.3 is 19.4 Å². The first-order valence-electron chi connectivity index (χ1n) is 12.4. The molecule has 3 aromatic rings. The molecule has 0 amide bonds. The van der Waals surface area contributed by atoms with Crippen molar-refractivity contribution in [1.82, 2.24) is 19.9 Å². The van der Waals surface area contributed by atoms with Crippen LogP contribution in [0.25, 0.3) is 22.4 Å². The molecule has 3 fully saturated rings. The average molecular weight is 497 g/mol. The van der Waals surface area contributed by atoms with E-state index in [1.165, 1.54) is 0 Å². The van der Waals surface area contributed by atoms with Crippen LogP contribution >= 0.6 is 0 Å². The Hall–Kier alpha value is -2.72. The molecule has 1 aliphatic carbocycles. The van der Waals surface area contributed by atoms with Gasteiger partial charge in [0.25, 0.3) is 0 Å². The molecule has 1 saturated carbocycles. The number of nitrogens with zero attached hydrogens (tertiary/aromatic N) is 5. The van der Waals surface area contributed by atoms with Gasteiger partial charge in [-0.15, -0.1) is 0 Å². The van der Waals surface area contributed by atoms with Crippen molar-refractivity contribution in [2.45, 2.75) is 56.4 Å². The number of fused-ring (bicyclic) bond motifs is 1. The zero-order valence-corrected chi connectivity index (χ0v) is 21.3. The number of aromatic amines is 1. The highest BCUT2D eigenvalue weighted by Gasteiger charge is 2.46. The highest BCUT2D eigenvalue weighted by molar-refractivity contribution is 7.94. The summed E-state index contributed by atoms with van der Waals surface area (Å²) in [6.45, 7) is 6.27. The van der Waals surface area contributed by atoms with Crippen LogP contribution in [0, 0.1) is 0 Å². The molecule has 35 heavy (non-hydrogen) atoms. The Morgan fingerprint density at radius 3 is 2.91 bits per heavy atom. The van der Waals surface area contributed by atoms with Crippen molar-refractivity contribution >= 4 is 26.6 Å². The first kappa shape index (κ1) is 22.7. The van der Waals surface area contributed by atoms with Crippen molar-refractivity contribution in [2.24, 2.45) is 4.36 Å². The highest BCUT2D eigenvalue weighted by Crippen LogP contribution is 2.45. The average Bonchev–Trinajstić information content (AvgIpc) is 3.44. The third-order valence-corrected chi connectivity index (χ3v) is 10.8. The molecule has 10 heteroatoms. The molecule has 0 aromatic carbocycles. The van der Waals surface area contributed by atoms with Crippen LogP contribution in [0.2, 0.25) is 0 Å². The van der Waals surface area contributed by atoms with E-state index in [1.807, 2.05) is 24.4 Å². The monoisotopic (exact) mass is 496 g/mol. The van der Waals surface area contributed by atoms with E-state index in [9.17, 15) is 4.21 Å². The summed E-state index contributed by atoms with van der Waals surface area (Å²) in [5.74, 6) is 2.54. The number of pyridine rings is 1. The number of aromatic nitrogens is 4. The molecule has 0 spiro atoms. The van der Waals surface area contributed by atoms with Crippen molar-refractivity contribution in [3.8, 4) is 17.3 Å². The molecule has 3 atom stereocenters. The molecule has 9 nitrogen and oxygen atoms in total. The lowest BCUT2D eigenvalue weighted by Crippen LogP contribution is -2.44. The summed E-state index contributed by atoms with van der Waals surface area (Å²) in [7, 11) is -0.836. The molecule has 5 heterocycles. The van der Waals surface area contributed by atoms with Crippen molar-refractivity contribution in [2.75, 3.05) is 37.5 Å². The van der Waals surface area contributed by atoms with E-state index in [-0.39, 0.29) is 12.1 Å². The van der Waals surface area contributed by atoms with Gasteiger partial charge in [0.05, 0.1) is 52.6 Å². The van der Waals surface area contributed by atoms with Crippen LogP contribution in [-0.4, -0.2) is 68.8 Å². The predicted molar refractivity (Wildman–Crippen MR) is 136 cm³/mol. The van der Waals surface area contributed by atoms with Crippen molar-refractivity contribution in [3.05, 3.63) is 30.1 Å². The van der Waals surface area contributed by atoms with Gasteiger partial charge >= 0.3 is 0 Å². The van der Waals surface area contributed by atoms with Gasteiger partial charge in [-0.1, -0.05) is 0 Å². The van der Waals surface area contributed by atoms with Crippen LogP contribution in [-0.2, 0) is 19.2 Å². The maximum atomic E-state index is 14.3. The van der Waals surface area contributed by atoms with Gasteiger partial charge in [-0.3, -0.25) is 0 Å². The molecule has 0 radical (unpaired) electrons. The van der Waals surface area contributed by atoms with Crippen molar-refractivity contribution in [1.29, 1.82) is 0 Å². The smallest absolute Gasteiger partial charge is 0.215 e. The molecule has 3 aromatic heterocycles. The van der Waals surface area contributed by atoms with E-state index in [0.29, 0.717) is 36.3 Å². The second-order valence-corrected chi connectivity index (χ2v) is 12.8. The fourth-order valence-corrected chi connectivity index (χ4v) is 8.13. The van der Waals surface area contributed by atoms with Gasteiger partial charge in [0.15, 0.2) is 5.82 Å². The maximum Gasteiger partial charge on any atom is 0.215 e. The SMILES string of the molecule is COc1cc(-c2nc(N3CCOC[C@H]3C)cc(C3(C)CCCS3(=O)=NC3CC3)n2)c2cc[nH]c2n1. The van der Waals surface area contributed by atoms with Gasteiger partial charge in [-0.2, -0.15) is 4.98 Å². The zero-order valence-electron chi connectivity index (χ0n) is 20.5. The molecule has 2 unspecified atom stereocenters. The lowest BCUT2D eigenvalue weighted by atomic mass is 10.0. The van der Waals surface area contributed by atoms with Gasteiger partial charge in [0, 0.05) is 41.6 Å². The molecule has 6 rings (SSSR count). The molecule has 1 N–H and O–H groups in total. The van der Waals surface area contributed by atoms with Gasteiger partial charge in [-0.05, 0) is 45.6 Å². The first-order chi connectivity index (χ1) is 16.9. The summed E-state index contributed by atoms with van der Waals surface area (Å²) in [5.41, 5.74) is 2.36. The van der Waals surface area contributed by atoms with E-state index in [2.05, 4.69) is 28.7 Å². The number of ether oxygens (including phenoxy) is 2. The summed E-state index contributed by atoms with van der Waals surface area (Å²) in [6.07, 6.45) is 5.63. The number of morpholine rings is 1. The standard InChI is InChI=1S/C25H32N6O3S/c1-16-15-34-11-10-31(16)21-14-20(25(2)8-4-12-35(25,32)30-17-5-6-17)27-24(28-21)19-13-22(33-3)29-23-18(19)7-9-26-23/h7,9,13-14,16-17H,4-6,8,10-12,15H2,1-3H3,(H,26,29)/t16-,25?,35?/m1/s1. The molecule has 2 aliphatic heterocycles. The van der Waals surface area contributed by atoms with Crippen LogP contribution in [0.5, 0.6) is 5.88 Å². The molecule has 186 valence electrons. The molecule has 0 bridgehead atoms. The number of rotatable bonds is 5. The lowest BCUT2D eigenvalue weighted by molar-refractivity contribution is 0.0985. The van der Waals surface area contributed by atoms with E-state index in [1.54, 1.807) is 7.11 Å². The number of hydrogen-bond acceptors (Lipinski definition) is 8. The van der Waals surface area contributed by atoms with Crippen LogP contribution in [0.1, 0.15) is 45.2 Å². The van der Waals surface area contributed by atoms with E-state index < -0.39 is 14.5 Å². The summed E-state index contributed by atoms with van der Waals surface area (Å²) < 4.78 is 29.7. The third kappa shape index (κ3) is 3.87. The van der Waals surface area contributed by atoms with Crippen LogP contribution in [0.4, 0.5) is 5.82 Å². The Labute approximate surface area is 205 Å². The second kappa shape index (κ2) is 8.44. The van der Waals surface area contributed by atoms with Gasteiger partial charge in [-0.25, -0.2) is 18.5 Å². The van der Waals surface area contributed by atoms with Crippen LogP contribution < -0.4 is 9.64 Å². The topological polar surface area (TPSA) is 106 Å². The minimum atomic E-state index is -2.44. The Morgan fingerprint density at radius 2 is 2.14 bits per heavy atom. The predicted octanol–water partition coefficient (Wildman–Crippen LogP) is 3.89. The Bertz CT molecular complexity index is 1390. The normalized spacial score (nSPS) is 29.0. The second-order valence-electron chi connectivity index (χ2n) is 10.0. The maximum absolute atomic E-state index is 14.3. The largest absolute Gasteiger partial charge is 0.481 e. The molecular weight excluding hydrogens is 464 g/mol. The molecule has 2 saturated heterocycles. The molecule has 3 aliphatic rings. The van der Waals surface area contributed by atoms with E-state index >= 15 is 0 Å². The summed E-state index contributed by atoms with van der Waals surface area (Å²) in [5, 5.41) is 0.920. The summed E-state index contributed by atoms with van der Waals surface area (Å²) in [4.78, 5) is 20.1. The van der Waals surface area contributed by atoms with E-state index in [0.717, 1.165) is 54.7 Å². The Morgan fingerprint density at radius 1 is 1.29 bits per heavy atom. The van der Waals surface area contributed by atoms with Gasteiger partial charge in [0.2, 0.25) is 5.88 Å². The zero-order chi connectivity index (χ0) is 24.2. The minimum Gasteiger partial charge on any atom is -0.481 e. The lowest BCUT2D eigenvalue weighted by Gasteiger charge is -2.35. The van der Waals surface area contributed by atoms with Crippen LogP contribution in [0.15, 0.2) is 28.8 Å². The fourth-order valence-electron chi connectivity index (χ4n) is 5.22. The van der Waals surface area contributed by atoms with E-state index in [4.69, 9.17) is 23.8 Å². The van der Waals surface area contributed by atoms with Crippen molar-refractivity contribution < 1.29 is 13.7 Å². The number of nitrogens with one attached hydrogen (secondary N) is 1. The number of hydrogen-bond donors (Lipinski definition) is 1. The number of methoxy groups -OCH3 is 1. The Kier molecular flexibility index (Phi) is 5.48. The van der Waals surface area contributed by atoms with Crippen molar-refractivity contribution in [3.63, 3.8) is 0 Å². The molecular formula is C25H32N6O3S. The summed E-state index contributed by atoms with van der Waals surface area (Å²) >= 11 is 0. The number of H-pyrrole nitrogens is 1. The fraction of sp³-hybridized carbons (Fsp3) is 0.560.